The van der Waals surface area contributed by atoms with Gasteiger partial charge in [-0.15, -0.1) is 11.3 Å². The first-order valence-corrected chi connectivity index (χ1v) is 6.42. The molecule has 0 fully saturated rings. The largest absolute Gasteiger partial charge is 0.379 e. The summed E-state index contributed by atoms with van der Waals surface area (Å²) in [5.74, 6) is 0. The average Bonchev–Trinajstić information content (AvgIpc) is 2.68. The van der Waals surface area contributed by atoms with Crippen LogP contribution >= 0.6 is 11.3 Å². The Labute approximate surface area is 95.9 Å². The van der Waals surface area contributed by atoms with Gasteiger partial charge in [-0.05, 0) is 33.2 Å². The molecule has 3 nitrogen and oxygen atoms in total. The zero-order chi connectivity index (χ0) is 10.9. The SMILES string of the molecule is CC(C)OCCCCNCc1cscn1. The molecule has 86 valence electrons. The second kappa shape index (κ2) is 7.79. The number of unbranched alkanes of at least 4 members (excludes halogenated alkanes) is 1. The van der Waals surface area contributed by atoms with Crippen LogP contribution in [0.5, 0.6) is 0 Å². The van der Waals surface area contributed by atoms with Crippen molar-refractivity contribution in [1.82, 2.24) is 10.3 Å². The second-order valence-electron chi connectivity index (χ2n) is 3.78. The number of hydrogen-bond acceptors (Lipinski definition) is 4. The molecule has 0 saturated carbocycles. The Morgan fingerprint density at radius 3 is 3.00 bits per heavy atom. The van der Waals surface area contributed by atoms with E-state index in [1.54, 1.807) is 11.3 Å². The summed E-state index contributed by atoms with van der Waals surface area (Å²) in [5.41, 5.74) is 3.01. The molecule has 15 heavy (non-hydrogen) atoms. The smallest absolute Gasteiger partial charge is 0.0795 e. The molecule has 1 heterocycles. The van der Waals surface area contributed by atoms with E-state index in [1.165, 1.54) is 0 Å². The van der Waals surface area contributed by atoms with Crippen molar-refractivity contribution in [2.45, 2.75) is 39.3 Å². The minimum absolute atomic E-state index is 0.355. The number of nitrogens with one attached hydrogen (secondary N) is 1. The molecule has 0 aliphatic rings. The fraction of sp³-hybridized carbons (Fsp3) is 0.727. The first-order chi connectivity index (χ1) is 7.29. The van der Waals surface area contributed by atoms with E-state index in [-0.39, 0.29) is 0 Å². The van der Waals surface area contributed by atoms with Gasteiger partial charge in [-0.3, -0.25) is 0 Å². The van der Waals surface area contributed by atoms with Crippen molar-refractivity contribution >= 4 is 11.3 Å². The molecule has 0 atom stereocenters. The molecule has 0 radical (unpaired) electrons. The van der Waals surface area contributed by atoms with Crippen molar-refractivity contribution in [1.29, 1.82) is 0 Å². The van der Waals surface area contributed by atoms with Gasteiger partial charge in [0.1, 0.15) is 0 Å². The van der Waals surface area contributed by atoms with E-state index < -0.39 is 0 Å². The molecule has 1 aromatic heterocycles. The molecule has 0 spiro atoms. The molecule has 0 aliphatic heterocycles. The second-order valence-corrected chi connectivity index (χ2v) is 4.50. The summed E-state index contributed by atoms with van der Waals surface area (Å²) in [6.45, 7) is 6.94. The molecule has 1 N–H and O–H groups in total. The molecule has 0 bridgehead atoms. The molecule has 1 aromatic rings. The third kappa shape index (κ3) is 6.60. The van der Waals surface area contributed by atoms with E-state index in [1.807, 2.05) is 5.51 Å². The summed E-state index contributed by atoms with van der Waals surface area (Å²) in [6.07, 6.45) is 2.65. The van der Waals surface area contributed by atoms with Gasteiger partial charge in [-0.25, -0.2) is 4.98 Å². The Morgan fingerprint density at radius 2 is 2.33 bits per heavy atom. The predicted molar refractivity (Wildman–Crippen MR) is 64.1 cm³/mol. The van der Waals surface area contributed by atoms with Crippen LogP contribution in [0.4, 0.5) is 0 Å². The van der Waals surface area contributed by atoms with E-state index in [0.717, 1.165) is 38.2 Å². The summed E-state index contributed by atoms with van der Waals surface area (Å²) in [4.78, 5) is 4.20. The standard InChI is InChI=1S/C11H20N2OS/c1-10(2)14-6-4-3-5-12-7-11-8-15-9-13-11/h8-10,12H,3-7H2,1-2H3. The highest BCUT2D eigenvalue weighted by Gasteiger charge is 1.95. The maximum absolute atomic E-state index is 5.46. The Kier molecular flexibility index (Phi) is 6.55. The minimum atomic E-state index is 0.355. The molecule has 0 aromatic carbocycles. The summed E-state index contributed by atoms with van der Waals surface area (Å²) >= 11 is 1.64. The number of nitrogens with zero attached hydrogens (tertiary/aromatic N) is 1. The molecule has 1 rings (SSSR count). The van der Waals surface area contributed by atoms with Gasteiger partial charge in [-0.2, -0.15) is 0 Å². The number of aromatic nitrogens is 1. The summed E-state index contributed by atoms with van der Waals surface area (Å²) < 4.78 is 5.46. The lowest BCUT2D eigenvalue weighted by Crippen LogP contribution is -2.15. The first-order valence-electron chi connectivity index (χ1n) is 5.48. The lowest BCUT2D eigenvalue weighted by atomic mass is 10.3. The highest BCUT2D eigenvalue weighted by molar-refractivity contribution is 7.07. The fourth-order valence-corrected chi connectivity index (χ4v) is 1.77. The topological polar surface area (TPSA) is 34.1 Å². The van der Waals surface area contributed by atoms with E-state index in [0.29, 0.717) is 6.10 Å². The van der Waals surface area contributed by atoms with Crippen molar-refractivity contribution in [3.8, 4) is 0 Å². The van der Waals surface area contributed by atoms with Gasteiger partial charge in [0.25, 0.3) is 0 Å². The van der Waals surface area contributed by atoms with Crippen LogP contribution in [0.25, 0.3) is 0 Å². The van der Waals surface area contributed by atoms with Crippen LogP contribution in [0, 0.1) is 0 Å². The third-order valence-corrected chi connectivity index (χ3v) is 2.62. The molecule has 0 aliphatic carbocycles. The molecular weight excluding hydrogens is 208 g/mol. The number of thiazole rings is 1. The van der Waals surface area contributed by atoms with Crippen LogP contribution in [-0.2, 0) is 11.3 Å². The van der Waals surface area contributed by atoms with Gasteiger partial charge in [-0.1, -0.05) is 0 Å². The van der Waals surface area contributed by atoms with Gasteiger partial charge in [0, 0.05) is 18.5 Å². The Hall–Kier alpha value is -0.450. The van der Waals surface area contributed by atoms with Crippen LogP contribution in [-0.4, -0.2) is 24.2 Å². The van der Waals surface area contributed by atoms with E-state index in [2.05, 4.69) is 29.5 Å². The molecule has 4 heteroatoms. The zero-order valence-electron chi connectivity index (χ0n) is 9.53. The Morgan fingerprint density at radius 1 is 1.47 bits per heavy atom. The average molecular weight is 228 g/mol. The van der Waals surface area contributed by atoms with Gasteiger partial charge in [0.05, 0.1) is 17.3 Å². The van der Waals surface area contributed by atoms with E-state index in [9.17, 15) is 0 Å². The van der Waals surface area contributed by atoms with Crippen LogP contribution in [0.3, 0.4) is 0 Å². The normalized spacial score (nSPS) is 11.1. The Balaban J connectivity index is 1.85. The van der Waals surface area contributed by atoms with Crippen LogP contribution < -0.4 is 5.32 Å². The molecular formula is C11H20N2OS. The quantitative estimate of drug-likeness (QED) is 0.694. The number of ether oxygens (including phenoxy) is 1. The van der Waals surface area contributed by atoms with Crippen molar-refractivity contribution < 1.29 is 4.74 Å². The van der Waals surface area contributed by atoms with E-state index >= 15 is 0 Å². The fourth-order valence-electron chi connectivity index (χ4n) is 1.21. The zero-order valence-corrected chi connectivity index (χ0v) is 10.3. The van der Waals surface area contributed by atoms with Crippen molar-refractivity contribution in [3.05, 3.63) is 16.6 Å². The molecule has 0 unspecified atom stereocenters. The van der Waals surface area contributed by atoms with Crippen LogP contribution in [0.1, 0.15) is 32.4 Å². The molecule has 0 saturated heterocycles. The summed E-state index contributed by atoms with van der Waals surface area (Å²) in [7, 11) is 0. The van der Waals surface area contributed by atoms with Crippen molar-refractivity contribution in [2.24, 2.45) is 0 Å². The Bertz CT molecular complexity index is 237. The first kappa shape index (κ1) is 12.6. The van der Waals surface area contributed by atoms with Gasteiger partial charge in [0.15, 0.2) is 0 Å². The number of hydrogen-bond donors (Lipinski definition) is 1. The highest BCUT2D eigenvalue weighted by atomic mass is 32.1. The summed E-state index contributed by atoms with van der Waals surface area (Å²) in [5, 5.41) is 5.44. The summed E-state index contributed by atoms with van der Waals surface area (Å²) in [6, 6.07) is 0. The highest BCUT2D eigenvalue weighted by Crippen LogP contribution is 2.00. The maximum Gasteiger partial charge on any atom is 0.0795 e. The maximum atomic E-state index is 5.46. The third-order valence-electron chi connectivity index (χ3n) is 1.99. The van der Waals surface area contributed by atoms with Gasteiger partial charge >= 0.3 is 0 Å². The lowest BCUT2D eigenvalue weighted by molar-refractivity contribution is 0.0760. The van der Waals surface area contributed by atoms with E-state index in [4.69, 9.17) is 4.74 Å². The van der Waals surface area contributed by atoms with Crippen molar-refractivity contribution in [3.63, 3.8) is 0 Å². The predicted octanol–water partition coefficient (Wildman–Crippen LogP) is 2.44. The number of rotatable bonds is 8. The minimum Gasteiger partial charge on any atom is -0.379 e. The van der Waals surface area contributed by atoms with Crippen LogP contribution in [0.2, 0.25) is 0 Å². The van der Waals surface area contributed by atoms with Gasteiger partial charge < -0.3 is 10.1 Å². The monoisotopic (exact) mass is 228 g/mol. The van der Waals surface area contributed by atoms with Crippen LogP contribution in [0.15, 0.2) is 10.9 Å². The van der Waals surface area contributed by atoms with Crippen molar-refractivity contribution in [2.75, 3.05) is 13.2 Å². The lowest BCUT2D eigenvalue weighted by Gasteiger charge is -2.07. The molecule has 0 amide bonds. The van der Waals surface area contributed by atoms with Gasteiger partial charge in [0.2, 0.25) is 0 Å².